The van der Waals surface area contributed by atoms with E-state index in [-0.39, 0.29) is 17.9 Å². The number of benzene rings is 2. The topological polar surface area (TPSA) is 79.7 Å². The molecule has 3 aromatic rings. The van der Waals surface area contributed by atoms with Crippen molar-refractivity contribution in [3.05, 3.63) is 113 Å². The summed E-state index contributed by atoms with van der Waals surface area (Å²) in [6.07, 6.45) is 4.84. The molecule has 34 heavy (non-hydrogen) atoms. The normalized spacial score (nSPS) is 17.1. The molecule has 7 heteroatoms. The molecule has 1 aliphatic heterocycles. The number of amides is 1. The van der Waals surface area contributed by atoms with Gasteiger partial charge in [0.05, 0.1) is 11.6 Å². The first-order valence-electron chi connectivity index (χ1n) is 10.7. The molecule has 0 radical (unpaired) electrons. The Bertz CT molecular complexity index is 1270. The molecule has 172 valence electrons. The van der Waals surface area contributed by atoms with Gasteiger partial charge in [-0.1, -0.05) is 30.9 Å². The fourth-order valence-electron chi connectivity index (χ4n) is 3.99. The van der Waals surface area contributed by atoms with Gasteiger partial charge in [-0.2, -0.15) is 0 Å². The largest absolute Gasteiger partial charge is 0.507 e. The van der Waals surface area contributed by atoms with Gasteiger partial charge < -0.3 is 14.7 Å². The SMILES string of the molecule is C=CCOc1ccc(C(O)=C2C(=O)C(=O)N(Cc3cccnc3)C2c2ccc(F)cc2)cc1C. The Morgan fingerprint density at radius 3 is 2.62 bits per heavy atom. The second-order valence-electron chi connectivity index (χ2n) is 7.92. The Morgan fingerprint density at radius 2 is 1.97 bits per heavy atom. The maximum Gasteiger partial charge on any atom is 0.295 e. The van der Waals surface area contributed by atoms with Gasteiger partial charge in [0.15, 0.2) is 0 Å². The number of ketones is 1. The van der Waals surface area contributed by atoms with Crippen LogP contribution in [-0.4, -0.2) is 33.3 Å². The third kappa shape index (κ3) is 4.45. The van der Waals surface area contributed by atoms with Crippen LogP contribution in [0, 0.1) is 12.7 Å². The Labute approximate surface area is 196 Å². The van der Waals surface area contributed by atoms with Crippen LogP contribution in [-0.2, 0) is 16.1 Å². The highest BCUT2D eigenvalue weighted by atomic mass is 19.1. The number of rotatable bonds is 7. The third-order valence-electron chi connectivity index (χ3n) is 5.61. The summed E-state index contributed by atoms with van der Waals surface area (Å²) >= 11 is 0. The first-order chi connectivity index (χ1) is 16.4. The summed E-state index contributed by atoms with van der Waals surface area (Å²) in [4.78, 5) is 31.6. The van der Waals surface area contributed by atoms with Crippen LogP contribution in [0.2, 0.25) is 0 Å². The van der Waals surface area contributed by atoms with Crippen molar-refractivity contribution in [2.75, 3.05) is 6.61 Å². The molecule has 1 atom stereocenters. The van der Waals surface area contributed by atoms with Crippen LogP contribution in [0.1, 0.15) is 28.3 Å². The van der Waals surface area contributed by atoms with E-state index in [2.05, 4.69) is 11.6 Å². The van der Waals surface area contributed by atoms with Crippen LogP contribution in [0.15, 0.2) is 85.2 Å². The van der Waals surface area contributed by atoms with Gasteiger partial charge in [-0.3, -0.25) is 14.6 Å². The molecule has 4 rings (SSSR count). The summed E-state index contributed by atoms with van der Waals surface area (Å²) in [5.74, 6) is -1.69. The molecular formula is C27H23FN2O4. The van der Waals surface area contributed by atoms with E-state index in [0.29, 0.717) is 23.5 Å². The zero-order chi connectivity index (χ0) is 24.2. The second-order valence-corrected chi connectivity index (χ2v) is 7.92. The minimum atomic E-state index is -0.891. The number of aromatic nitrogens is 1. The van der Waals surface area contributed by atoms with Gasteiger partial charge in [0.25, 0.3) is 11.7 Å². The van der Waals surface area contributed by atoms with Crippen molar-refractivity contribution >= 4 is 17.4 Å². The van der Waals surface area contributed by atoms with Crippen molar-refractivity contribution < 1.29 is 23.8 Å². The molecule has 1 aliphatic rings. The summed E-state index contributed by atoms with van der Waals surface area (Å²) in [6.45, 7) is 5.87. The molecule has 2 heterocycles. The number of aliphatic hydroxyl groups excluding tert-OH is 1. The molecule has 1 fully saturated rings. The van der Waals surface area contributed by atoms with Crippen molar-refractivity contribution in [3.8, 4) is 5.75 Å². The van der Waals surface area contributed by atoms with E-state index in [1.807, 2.05) is 6.92 Å². The zero-order valence-corrected chi connectivity index (χ0v) is 18.6. The molecule has 0 aliphatic carbocycles. The van der Waals surface area contributed by atoms with Crippen molar-refractivity contribution in [3.63, 3.8) is 0 Å². The molecule has 2 aromatic carbocycles. The van der Waals surface area contributed by atoms with Gasteiger partial charge in [-0.05, 0) is 60.0 Å². The number of carbonyl (C=O) groups excluding carboxylic acids is 2. The summed E-state index contributed by atoms with van der Waals surface area (Å²) in [5.41, 5.74) is 2.29. The van der Waals surface area contributed by atoms with Crippen LogP contribution in [0.4, 0.5) is 4.39 Å². The average Bonchev–Trinajstić information content (AvgIpc) is 3.09. The zero-order valence-electron chi connectivity index (χ0n) is 18.6. The standard InChI is InChI=1S/C27H23FN2O4/c1-3-13-34-22-11-8-20(14-17(22)2)25(31)23-24(19-6-9-21(28)10-7-19)30(27(33)26(23)32)16-18-5-4-12-29-15-18/h3-12,14-15,24,31H,1,13,16H2,2H3. The molecule has 1 aromatic heterocycles. The van der Waals surface area contributed by atoms with E-state index in [4.69, 9.17) is 4.74 Å². The number of halogens is 1. The van der Waals surface area contributed by atoms with Gasteiger partial charge in [-0.25, -0.2) is 4.39 Å². The fraction of sp³-hybridized carbons (Fsp3) is 0.148. The number of pyridine rings is 1. The van der Waals surface area contributed by atoms with Crippen molar-refractivity contribution in [1.82, 2.24) is 9.88 Å². The first kappa shape index (κ1) is 22.9. The van der Waals surface area contributed by atoms with E-state index >= 15 is 0 Å². The van der Waals surface area contributed by atoms with Gasteiger partial charge in [-0.15, -0.1) is 0 Å². The van der Waals surface area contributed by atoms with Crippen molar-refractivity contribution in [2.24, 2.45) is 0 Å². The highest BCUT2D eigenvalue weighted by Crippen LogP contribution is 2.40. The number of hydrogen-bond donors (Lipinski definition) is 1. The maximum atomic E-state index is 13.6. The lowest BCUT2D eigenvalue weighted by Crippen LogP contribution is -2.29. The molecular weight excluding hydrogens is 435 g/mol. The Hall–Kier alpha value is -4.26. The quantitative estimate of drug-likeness (QED) is 0.240. The monoisotopic (exact) mass is 458 g/mol. The highest BCUT2D eigenvalue weighted by molar-refractivity contribution is 6.46. The predicted octanol–water partition coefficient (Wildman–Crippen LogP) is 4.72. The maximum absolute atomic E-state index is 13.6. The van der Waals surface area contributed by atoms with Crippen LogP contribution in [0.25, 0.3) is 5.76 Å². The number of aryl methyl sites for hydroxylation is 1. The number of aliphatic hydroxyl groups is 1. The molecule has 1 amide bonds. The molecule has 6 nitrogen and oxygen atoms in total. The number of likely N-dealkylation sites (tertiary alicyclic amines) is 1. The summed E-state index contributed by atoms with van der Waals surface area (Å²) in [5, 5.41) is 11.2. The second kappa shape index (κ2) is 9.70. The van der Waals surface area contributed by atoms with E-state index in [1.165, 1.54) is 29.2 Å². The van der Waals surface area contributed by atoms with Crippen LogP contribution in [0.3, 0.4) is 0 Å². The van der Waals surface area contributed by atoms with E-state index in [1.54, 1.807) is 48.8 Å². The van der Waals surface area contributed by atoms with Gasteiger partial charge in [0, 0.05) is 24.5 Å². The van der Waals surface area contributed by atoms with Crippen LogP contribution >= 0.6 is 0 Å². The van der Waals surface area contributed by atoms with Gasteiger partial charge in [0.1, 0.15) is 23.9 Å². The number of ether oxygens (including phenoxy) is 1. The first-order valence-corrected chi connectivity index (χ1v) is 10.7. The lowest BCUT2D eigenvalue weighted by atomic mass is 9.94. The Balaban J connectivity index is 1.81. The highest BCUT2D eigenvalue weighted by Gasteiger charge is 2.46. The number of Topliss-reactive ketones (excluding diaryl/α,β-unsaturated/α-hetero) is 1. The van der Waals surface area contributed by atoms with Gasteiger partial charge >= 0.3 is 0 Å². The van der Waals surface area contributed by atoms with E-state index in [0.717, 1.165) is 11.1 Å². The smallest absolute Gasteiger partial charge is 0.295 e. The summed E-state index contributed by atoms with van der Waals surface area (Å²) in [7, 11) is 0. The fourth-order valence-corrected chi connectivity index (χ4v) is 3.99. The lowest BCUT2D eigenvalue weighted by molar-refractivity contribution is -0.140. The van der Waals surface area contributed by atoms with E-state index < -0.39 is 23.5 Å². The minimum absolute atomic E-state index is 0.0559. The van der Waals surface area contributed by atoms with Crippen molar-refractivity contribution in [1.29, 1.82) is 0 Å². The molecule has 0 spiro atoms. The van der Waals surface area contributed by atoms with E-state index in [9.17, 15) is 19.1 Å². The summed E-state index contributed by atoms with van der Waals surface area (Å²) < 4.78 is 19.2. The number of nitrogens with zero attached hydrogens (tertiary/aromatic N) is 2. The molecule has 0 bridgehead atoms. The Kier molecular flexibility index (Phi) is 6.54. The van der Waals surface area contributed by atoms with Crippen LogP contribution < -0.4 is 4.74 Å². The number of hydrogen-bond acceptors (Lipinski definition) is 5. The van der Waals surface area contributed by atoms with Crippen molar-refractivity contribution in [2.45, 2.75) is 19.5 Å². The lowest BCUT2D eigenvalue weighted by Gasteiger charge is -2.25. The third-order valence-corrected chi connectivity index (χ3v) is 5.61. The predicted molar refractivity (Wildman–Crippen MR) is 125 cm³/mol. The Morgan fingerprint density at radius 1 is 1.21 bits per heavy atom. The molecule has 0 saturated carbocycles. The van der Waals surface area contributed by atoms with Gasteiger partial charge in [0.2, 0.25) is 0 Å². The summed E-state index contributed by atoms with van der Waals surface area (Å²) in [6, 6.07) is 13.2. The minimum Gasteiger partial charge on any atom is -0.507 e. The molecule has 1 unspecified atom stereocenters. The average molecular weight is 458 g/mol. The van der Waals surface area contributed by atoms with Crippen LogP contribution in [0.5, 0.6) is 5.75 Å². The molecule has 1 N–H and O–H groups in total. The molecule has 1 saturated heterocycles. The number of carbonyl (C=O) groups is 2.